The molecule has 0 amide bonds. The van der Waals surface area contributed by atoms with E-state index in [1.165, 1.54) is 0 Å². The predicted molar refractivity (Wildman–Crippen MR) is 55.3 cm³/mol. The molecule has 1 aromatic rings. The van der Waals surface area contributed by atoms with Crippen LogP contribution in [0.3, 0.4) is 0 Å². The number of pyridine rings is 1. The molecule has 2 unspecified atom stereocenters. The minimum atomic E-state index is -0.726. The van der Waals surface area contributed by atoms with E-state index in [9.17, 15) is 4.79 Å². The number of rotatable bonds is 2. The molecule has 0 aromatic carbocycles. The fraction of sp³-hybridized carbons (Fsp3) is 0.455. The number of nitrogens with zero attached hydrogens (tertiary/aromatic N) is 1. The summed E-state index contributed by atoms with van der Waals surface area (Å²) in [6.07, 6.45) is 5.09. The van der Waals surface area contributed by atoms with Crippen LogP contribution in [0.5, 0.6) is 0 Å². The molecule has 0 aliphatic carbocycles. The van der Waals surface area contributed by atoms with E-state index in [1.807, 2.05) is 12.1 Å². The molecule has 2 N–H and O–H groups in total. The van der Waals surface area contributed by atoms with E-state index in [0.29, 0.717) is 0 Å². The first-order valence-electron chi connectivity index (χ1n) is 5.15. The number of carbonyl (C=O) groups is 1. The summed E-state index contributed by atoms with van der Waals surface area (Å²) < 4.78 is 0. The Kier molecular flexibility index (Phi) is 2.97. The van der Waals surface area contributed by atoms with Crippen LogP contribution in [0.4, 0.5) is 0 Å². The van der Waals surface area contributed by atoms with E-state index in [0.717, 1.165) is 24.9 Å². The van der Waals surface area contributed by atoms with Crippen LogP contribution in [-0.2, 0) is 4.79 Å². The summed E-state index contributed by atoms with van der Waals surface area (Å²) in [6.45, 7) is 0.878. The number of aliphatic carboxylic acids is 1. The summed E-state index contributed by atoms with van der Waals surface area (Å²) in [7, 11) is 0. The Bertz CT molecular complexity index is 340. The van der Waals surface area contributed by atoms with Crippen molar-refractivity contribution < 1.29 is 9.90 Å². The van der Waals surface area contributed by atoms with Crippen molar-refractivity contribution in [3.05, 3.63) is 30.1 Å². The molecule has 0 saturated carbocycles. The van der Waals surface area contributed by atoms with Crippen molar-refractivity contribution in [2.45, 2.75) is 18.9 Å². The zero-order valence-corrected chi connectivity index (χ0v) is 8.39. The van der Waals surface area contributed by atoms with Gasteiger partial charge in [0.2, 0.25) is 0 Å². The van der Waals surface area contributed by atoms with Gasteiger partial charge in [0.1, 0.15) is 0 Å². The Morgan fingerprint density at radius 3 is 3.13 bits per heavy atom. The third kappa shape index (κ3) is 2.15. The molecule has 1 aliphatic heterocycles. The smallest absolute Gasteiger partial charge is 0.308 e. The van der Waals surface area contributed by atoms with Crippen molar-refractivity contribution in [3.63, 3.8) is 0 Å². The highest BCUT2D eigenvalue weighted by atomic mass is 16.4. The monoisotopic (exact) mass is 206 g/mol. The second-order valence-electron chi connectivity index (χ2n) is 3.81. The highest BCUT2D eigenvalue weighted by Crippen LogP contribution is 2.28. The van der Waals surface area contributed by atoms with Gasteiger partial charge in [0, 0.05) is 18.4 Å². The lowest BCUT2D eigenvalue weighted by Gasteiger charge is -2.29. The van der Waals surface area contributed by atoms with Crippen molar-refractivity contribution in [2.24, 2.45) is 5.92 Å². The molecule has 2 heterocycles. The number of piperidine rings is 1. The maximum atomic E-state index is 11.1. The van der Waals surface area contributed by atoms with E-state index in [2.05, 4.69) is 10.3 Å². The van der Waals surface area contributed by atoms with Crippen molar-refractivity contribution in [3.8, 4) is 0 Å². The van der Waals surface area contributed by atoms with Gasteiger partial charge in [-0.2, -0.15) is 0 Å². The zero-order chi connectivity index (χ0) is 10.7. The Morgan fingerprint density at radius 2 is 2.47 bits per heavy atom. The van der Waals surface area contributed by atoms with E-state index >= 15 is 0 Å². The first-order chi connectivity index (χ1) is 7.29. The summed E-state index contributed by atoms with van der Waals surface area (Å²) in [5.41, 5.74) is 0.963. The zero-order valence-electron chi connectivity index (χ0n) is 8.39. The van der Waals surface area contributed by atoms with Crippen LogP contribution in [0.25, 0.3) is 0 Å². The molecule has 15 heavy (non-hydrogen) atoms. The summed E-state index contributed by atoms with van der Waals surface area (Å²) in [6, 6.07) is 3.67. The first kappa shape index (κ1) is 10.1. The normalized spacial score (nSPS) is 26.1. The number of hydrogen-bond acceptors (Lipinski definition) is 3. The fourth-order valence-electron chi connectivity index (χ4n) is 2.06. The second kappa shape index (κ2) is 4.40. The van der Waals surface area contributed by atoms with E-state index in [1.54, 1.807) is 12.4 Å². The van der Waals surface area contributed by atoms with E-state index in [-0.39, 0.29) is 12.0 Å². The number of nitrogens with one attached hydrogen (secondary N) is 1. The molecular formula is C11H14N2O2. The van der Waals surface area contributed by atoms with Gasteiger partial charge in [-0.05, 0) is 31.0 Å². The molecule has 4 heteroatoms. The lowest BCUT2D eigenvalue weighted by atomic mass is 9.87. The van der Waals surface area contributed by atoms with Crippen LogP contribution >= 0.6 is 0 Å². The van der Waals surface area contributed by atoms with Crippen LogP contribution in [0.1, 0.15) is 24.4 Å². The van der Waals surface area contributed by atoms with Crippen molar-refractivity contribution in [1.82, 2.24) is 10.3 Å². The van der Waals surface area contributed by atoms with Gasteiger partial charge in [-0.1, -0.05) is 6.07 Å². The predicted octanol–water partition coefficient (Wildman–Crippen LogP) is 1.21. The molecule has 4 nitrogen and oxygen atoms in total. The average molecular weight is 206 g/mol. The van der Waals surface area contributed by atoms with E-state index in [4.69, 9.17) is 5.11 Å². The molecular weight excluding hydrogens is 192 g/mol. The Balaban J connectivity index is 2.22. The molecule has 1 aromatic heterocycles. The Labute approximate surface area is 88.3 Å². The number of hydrogen-bond donors (Lipinski definition) is 2. The van der Waals surface area contributed by atoms with Crippen LogP contribution in [0.15, 0.2) is 24.5 Å². The minimum absolute atomic E-state index is 0.0926. The van der Waals surface area contributed by atoms with Crippen LogP contribution in [0, 0.1) is 5.92 Å². The molecule has 80 valence electrons. The third-order valence-electron chi connectivity index (χ3n) is 2.82. The van der Waals surface area contributed by atoms with Crippen molar-refractivity contribution in [1.29, 1.82) is 0 Å². The van der Waals surface area contributed by atoms with Gasteiger partial charge < -0.3 is 10.4 Å². The number of carboxylic acid groups (broad SMARTS) is 1. The van der Waals surface area contributed by atoms with Gasteiger partial charge in [-0.3, -0.25) is 9.78 Å². The van der Waals surface area contributed by atoms with Gasteiger partial charge in [0.15, 0.2) is 0 Å². The van der Waals surface area contributed by atoms with Crippen molar-refractivity contribution >= 4 is 5.97 Å². The van der Waals surface area contributed by atoms with Gasteiger partial charge >= 0.3 is 5.97 Å². The quantitative estimate of drug-likeness (QED) is 0.763. The molecule has 0 spiro atoms. The molecule has 0 radical (unpaired) electrons. The minimum Gasteiger partial charge on any atom is -0.481 e. The lowest BCUT2D eigenvalue weighted by molar-refractivity contribution is -0.143. The topological polar surface area (TPSA) is 62.2 Å². The Morgan fingerprint density at radius 1 is 1.60 bits per heavy atom. The van der Waals surface area contributed by atoms with Gasteiger partial charge in [0.05, 0.1) is 5.92 Å². The van der Waals surface area contributed by atoms with Crippen LogP contribution in [0.2, 0.25) is 0 Å². The largest absolute Gasteiger partial charge is 0.481 e. The van der Waals surface area contributed by atoms with Gasteiger partial charge in [0.25, 0.3) is 0 Å². The van der Waals surface area contributed by atoms with E-state index < -0.39 is 5.97 Å². The maximum absolute atomic E-state index is 11.1. The highest BCUT2D eigenvalue weighted by Gasteiger charge is 2.31. The first-order valence-corrected chi connectivity index (χ1v) is 5.15. The SMILES string of the molecule is O=C(O)C1CCCNC1c1cccnc1. The molecule has 1 aliphatic rings. The van der Waals surface area contributed by atoms with Crippen molar-refractivity contribution in [2.75, 3.05) is 6.54 Å². The molecule has 2 rings (SSSR count). The van der Waals surface area contributed by atoms with Gasteiger partial charge in [-0.25, -0.2) is 0 Å². The third-order valence-corrected chi connectivity index (χ3v) is 2.82. The summed E-state index contributed by atoms with van der Waals surface area (Å²) >= 11 is 0. The number of aromatic nitrogens is 1. The maximum Gasteiger partial charge on any atom is 0.308 e. The standard InChI is InChI=1S/C11H14N2O2/c14-11(15)9-4-2-6-13-10(9)8-3-1-5-12-7-8/h1,3,5,7,9-10,13H,2,4,6H2,(H,14,15). The Hall–Kier alpha value is -1.42. The summed E-state index contributed by atoms with van der Waals surface area (Å²) in [4.78, 5) is 15.1. The summed E-state index contributed by atoms with van der Waals surface area (Å²) in [5.74, 6) is -1.06. The second-order valence-corrected chi connectivity index (χ2v) is 3.81. The summed E-state index contributed by atoms with van der Waals surface area (Å²) in [5, 5.41) is 12.4. The number of carboxylic acids is 1. The molecule has 0 bridgehead atoms. The fourth-order valence-corrected chi connectivity index (χ4v) is 2.06. The van der Waals surface area contributed by atoms with Crippen LogP contribution < -0.4 is 5.32 Å². The average Bonchev–Trinajstić information content (AvgIpc) is 2.30. The molecule has 1 saturated heterocycles. The molecule has 1 fully saturated rings. The van der Waals surface area contributed by atoms with Gasteiger partial charge in [-0.15, -0.1) is 0 Å². The molecule has 2 atom stereocenters. The highest BCUT2D eigenvalue weighted by molar-refractivity contribution is 5.71. The lowest BCUT2D eigenvalue weighted by Crippen LogP contribution is -2.38. The van der Waals surface area contributed by atoms with Crippen LogP contribution in [-0.4, -0.2) is 22.6 Å².